The van der Waals surface area contributed by atoms with Gasteiger partial charge in [-0.05, 0) is 55.7 Å². The standard InChI is InChI=1S/C20H29NO5/c1-14-4-7-16(8-5-14)21-19(22)13-26-20(23)9-6-15-10-17(24-2)12-18(11-15)25-3/h10-12,14,16H,4-9,13H2,1-3H3,(H,21,22). The largest absolute Gasteiger partial charge is 0.497 e. The number of hydrogen-bond donors (Lipinski definition) is 1. The molecule has 1 saturated carbocycles. The van der Waals surface area contributed by atoms with Gasteiger partial charge >= 0.3 is 5.97 Å². The average molecular weight is 363 g/mol. The zero-order valence-corrected chi connectivity index (χ0v) is 15.9. The highest BCUT2D eigenvalue weighted by Crippen LogP contribution is 2.24. The summed E-state index contributed by atoms with van der Waals surface area (Å²) in [5, 5.41) is 2.95. The monoisotopic (exact) mass is 363 g/mol. The summed E-state index contributed by atoms with van der Waals surface area (Å²) in [5.41, 5.74) is 0.916. The Bertz CT molecular complexity index is 586. The molecule has 0 aromatic heterocycles. The fourth-order valence-corrected chi connectivity index (χ4v) is 3.15. The number of methoxy groups -OCH3 is 2. The van der Waals surface area contributed by atoms with Crippen LogP contribution in [0.15, 0.2) is 18.2 Å². The lowest BCUT2D eigenvalue weighted by molar-refractivity contribution is -0.148. The molecule has 6 heteroatoms. The molecule has 6 nitrogen and oxygen atoms in total. The number of aryl methyl sites for hydroxylation is 1. The molecule has 144 valence electrons. The van der Waals surface area contributed by atoms with Gasteiger partial charge in [0.15, 0.2) is 6.61 Å². The predicted molar refractivity (Wildman–Crippen MR) is 98.4 cm³/mol. The summed E-state index contributed by atoms with van der Waals surface area (Å²) in [6.07, 6.45) is 4.96. The van der Waals surface area contributed by atoms with Gasteiger partial charge in [-0.1, -0.05) is 6.92 Å². The van der Waals surface area contributed by atoms with Crippen molar-refractivity contribution in [2.24, 2.45) is 5.92 Å². The second kappa shape index (κ2) is 10.0. The van der Waals surface area contributed by atoms with E-state index in [2.05, 4.69) is 12.2 Å². The summed E-state index contributed by atoms with van der Waals surface area (Å²) in [6, 6.07) is 5.69. The normalized spacial score (nSPS) is 19.5. The zero-order valence-electron chi connectivity index (χ0n) is 15.9. The molecule has 0 aliphatic heterocycles. The van der Waals surface area contributed by atoms with Gasteiger partial charge in [-0.3, -0.25) is 9.59 Å². The lowest BCUT2D eigenvalue weighted by Crippen LogP contribution is -2.39. The summed E-state index contributed by atoms with van der Waals surface area (Å²) in [7, 11) is 3.16. The lowest BCUT2D eigenvalue weighted by Gasteiger charge is -2.26. The lowest BCUT2D eigenvalue weighted by atomic mass is 9.87. The summed E-state index contributed by atoms with van der Waals surface area (Å²) >= 11 is 0. The number of hydrogen-bond acceptors (Lipinski definition) is 5. The number of rotatable bonds is 8. The first-order chi connectivity index (χ1) is 12.5. The van der Waals surface area contributed by atoms with Crippen LogP contribution in [0.25, 0.3) is 0 Å². The summed E-state index contributed by atoms with van der Waals surface area (Å²) in [6.45, 7) is 2.02. The van der Waals surface area contributed by atoms with Gasteiger partial charge in [-0.25, -0.2) is 0 Å². The molecule has 0 saturated heterocycles. The molecular formula is C20H29NO5. The van der Waals surface area contributed by atoms with E-state index in [0.29, 0.717) is 17.9 Å². The average Bonchev–Trinajstić information content (AvgIpc) is 2.66. The molecule has 0 bridgehead atoms. The third kappa shape index (κ3) is 6.58. The maximum atomic E-state index is 11.9. The maximum absolute atomic E-state index is 11.9. The van der Waals surface area contributed by atoms with Gasteiger partial charge in [0.2, 0.25) is 0 Å². The van der Waals surface area contributed by atoms with E-state index in [4.69, 9.17) is 14.2 Å². The van der Waals surface area contributed by atoms with Crippen molar-refractivity contribution >= 4 is 11.9 Å². The number of esters is 1. The minimum Gasteiger partial charge on any atom is -0.497 e. The van der Waals surface area contributed by atoms with Crippen LogP contribution in [-0.4, -0.2) is 38.7 Å². The van der Waals surface area contributed by atoms with Gasteiger partial charge in [0.05, 0.1) is 14.2 Å². The first-order valence-electron chi connectivity index (χ1n) is 9.17. The number of nitrogens with one attached hydrogen (secondary N) is 1. The smallest absolute Gasteiger partial charge is 0.306 e. The Morgan fingerprint density at radius 3 is 2.23 bits per heavy atom. The first kappa shape index (κ1) is 20.1. The Labute approximate surface area is 155 Å². The van der Waals surface area contributed by atoms with Gasteiger partial charge < -0.3 is 19.5 Å². The van der Waals surface area contributed by atoms with Gasteiger partial charge in [0, 0.05) is 18.5 Å². The minimum absolute atomic E-state index is 0.199. The first-order valence-corrected chi connectivity index (χ1v) is 9.17. The van der Waals surface area contributed by atoms with Gasteiger partial charge in [0.1, 0.15) is 11.5 Å². The number of amides is 1. The van der Waals surface area contributed by atoms with Crippen molar-refractivity contribution < 1.29 is 23.8 Å². The molecule has 1 N–H and O–H groups in total. The molecule has 1 amide bonds. The molecule has 2 rings (SSSR count). The molecule has 1 aliphatic carbocycles. The molecule has 0 spiro atoms. The number of carbonyl (C=O) groups excluding carboxylic acids is 2. The Balaban J connectivity index is 1.71. The summed E-state index contributed by atoms with van der Waals surface area (Å²) in [5.74, 6) is 1.47. The van der Waals surface area contributed by atoms with Crippen LogP contribution < -0.4 is 14.8 Å². The van der Waals surface area contributed by atoms with Crippen LogP contribution >= 0.6 is 0 Å². The Kier molecular flexibility index (Phi) is 7.75. The van der Waals surface area contributed by atoms with Crippen LogP contribution in [0.4, 0.5) is 0 Å². The SMILES string of the molecule is COc1cc(CCC(=O)OCC(=O)NC2CCC(C)CC2)cc(OC)c1. The van der Waals surface area contributed by atoms with E-state index >= 15 is 0 Å². The maximum Gasteiger partial charge on any atom is 0.306 e. The molecule has 0 atom stereocenters. The van der Waals surface area contributed by atoms with Crippen LogP contribution in [0.2, 0.25) is 0 Å². The molecule has 1 aliphatic rings. The van der Waals surface area contributed by atoms with Crippen molar-refractivity contribution in [3.63, 3.8) is 0 Å². The fraction of sp³-hybridized carbons (Fsp3) is 0.600. The highest BCUT2D eigenvalue weighted by molar-refractivity contribution is 5.80. The fourth-order valence-electron chi connectivity index (χ4n) is 3.15. The highest BCUT2D eigenvalue weighted by atomic mass is 16.5. The van der Waals surface area contributed by atoms with Crippen molar-refractivity contribution in [3.8, 4) is 11.5 Å². The van der Waals surface area contributed by atoms with Crippen LogP contribution in [-0.2, 0) is 20.7 Å². The molecule has 1 fully saturated rings. The number of benzene rings is 1. The van der Waals surface area contributed by atoms with Crippen molar-refractivity contribution in [1.29, 1.82) is 0 Å². The van der Waals surface area contributed by atoms with E-state index in [-0.39, 0.29) is 30.9 Å². The van der Waals surface area contributed by atoms with Crippen molar-refractivity contribution in [2.75, 3.05) is 20.8 Å². The second-order valence-electron chi connectivity index (χ2n) is 6.91. The van der Waals surface area contributed by atoms with Crippen LogP contribution in [0.3, 0.4) is 0 Å². The number of carbonyl (C=O) groups is 2. The van der Waals surface area contributed by atoms with Crippen molar-refractivity contribution in [2.45, 2.75) is 51.5 Å². The Morgan fingerprint density at radius 1 is 1.04 bits per heavy atom. The molecular weight excluding hydrogens is 334 g/mol. The molecule has 0 unspecified atom stereocenters. The third-order valence-electron chi connectivity index (χ3n) is 4.77. The molecule has 1 aromatic rings. The predicted octanol–water partition coefficient (Wildman–Crippen LogP) is 2.87. The topological polar surface area (TPSA) is 73.9 Å². The number of ether oxygens (including phenoxy) is 3. The molecule has 0 radical (unpaired) electrons. The van der Waals surface area contributed by atoms with E-state index in [1.165, 1.54) is 0 Å². The Morgan fingerprint density at radius 2 is 1.65 bits per heavy atom. The van der Waals surface area contributed by atoms with Crippen LogP contribution in [0.1, 0.15) is 44.6 Å². The van der Waals surface area contributed by atoms with E-state index < -0.39 is 0 Å². The zero-order chi connectivity index (χ0) is 18.9. The van der Waals surface area contributed by atoms with E-state index in [9.17, 15) is 9.59 Å². The summed E-state index contributed by atoms with van der Waals surface area (Å²) in [4.78, 5) is 23.8. The second-order valence-corrected chi connectivity index (χ2v) is 6.91. The van der Waals surface area contributed by atoms with Gasteiger partial charge in [-0.2, -0.15) is 0 Å². The Hall–Kier alpha value is -2.24. The molecule has 1 aromatic carbocycles. The molecule has 0 heterocycles. The van der Waals surface area contributed by atoms with Crippen molar-refractivity contribution in [1.82, 2.24) is 5.32 Å². The van der Waals surface area contributed by atoms with Gasteiger partial charge in [-0.15, -0.1) is 0 Å². The summed E-state index contributed by atoms with van der Waals surface area (Å²) < 4.78 is 15.5. The quantitative estimate of drug-likeness (QED) is 0.719. The third-order valence-corrected chi connectivity index (χ3v) is 4.77. The van der Waals surface area contributed by atoms with E-state index in [1.807, 2.05) is 12.1 Å². The van der Waals surface area contributed by atoms with Gasteiger partial charge in [0.25, 0.3) is 5.91 Å². The van der Waals surface area contributed by atoms with E-state index in [0.717, 1.165) is 37.2 Å². The highest BCUT2D eigenvalue weighted by Gasteiger charge is 2.20. The molecule has 26 heavy (non-hydrogen) atoms. The van der Waals surface area contributed by atoms with Crippen molar-refractivity contribution in [3.05, 3.63) is 23.8 Å². The van der Waals surface area contributed by atoms with Crippen LogP contribution in [0, 0.1) is 5.92 Å². The minimum atomic E-state index is -0.390. The van der Waals surface area contributed by atoms with Crippen LogP contribution in [0.5, 0.6) is 11.5 Å². The van der Waals surface area contributed by atoms with E-state index in [1.54, 1.807) is 20.3 Å².